The number of ether oxygens (including phenoxy) is 1. The summed E-state index contributed by atoms with van der Waals surface area (Å²) in [6, 6.07) is 0. The molecular weight excluding hydrogens is 310 g/mol. The van der Waals surface area contributed by atoms with Gasteiger partial charge in [0.1, 0.15) is 5.69 Å². The molecular formula is C13H22BrN3O2. The smallest absolute Gasteiger partial charge is 0.201 e. The molecule has 0 aromatic carbocycles. The van der Waals surface area contributed by atoms with Gasteiger partial charge in [0.15, 0.2) is 0 Å². The maximum atomic E-state index is 12.8. The fourth-order valence-electron chi connectivity index (χ4n) is 1.87. The molecule has 0 bridgehead atoms. The van der Waals surface area contributed by atoms with Gasteiger partial charge in [-0.2, -0.15) is 5.10 Å². The Morgan fingerprint density at radius 1 is 1.58 bits per heavy atom. The van der Waals surface area contributed by atoms with E-state index >= 15 is 0 Å². The van der Waals surface area contributed by atoms with Crippen LogP contribution in [0.4, 0.5) is 0 Å². The van der Waals surface area contributed by atoms with Crippen molar-refractivity contribution in [3.8, 4) is 0 Å². The van der Waals surface area contributed by atoms with Crippen molar-refractivity contribution in [1.29, 1.82) is 0 Å². The van der Waals surface area contributed by atoms with Crippen LogP contribution in [0.25, 0.3) is 0 Å². The first-order valence-corrected chi connectivity index (χ1v) is 7.10. The van der Waals surface area contributed by atoms with Gasteiger partial charge in [0, 0.05) is 7.11 Å². The van der Waals surface area contributed by atoms with Gasteiger partial charge in [-0.15, -0.1) is 0 Å². The van der Waals surface area contributed by atoms with E-state index in [0.717, 1.165) is 10.9 Å². The van der Waals surface area contributed by atoms with E-state index < -0.39 is 5.54 Å². The lowest BCUT2D eigenvalue weighted by Gasteiger charge is -2.34. The number of hydrogen-bond acceptors (Lipinski definition) is 4. The van der Waals surface area contributed by atoms with Crippen LogP contribution in [0.2, 0.25) is 0 Å². The van der Waals surface area contributed by atoms with Crippen molar-refractivity contribution in [3.63, 3.8) is 0 Å². The molecule has 0 amide bonds. The summed E-state index contributed by atoms with van der Waals surface area (Å²) in [7, 11) is 5.48. The minimum Gasteiger partial charge on any atom is -0.383 e. The molecule has 1 atom stereocenters. The molecule has 0 fully saturated rings. The normalized spacial score (nSPS) is 14.7. The third-order valence-electron chi connectivity index (χ3n) is 3.68. The molecule has 1 aromatic heterocycles. The molecule has 1 unspecified atom stereocenters. The van der Waals surface area contributed by atoms with Gasteiger partial charge in [0.2, 0.25) is 5.78 Å². The van der Waals surface area contributed by atoms with Crippen LogP contribution < -0.4 is 0 Å². The Kier molecular flexibility index (Phi) is 5.70. The average molecular weight is 332 g/mol. The molecule has 0 N–H and O–H groups in total. The summed E-state index contributed by atoms with van der Waals surface area (Å²) >= 11 is 3.42. The summed E-state index contributed by atoms with van der Waals surface area (Å²) in [5, 5.41) is 4.23. The number of likely N-dealkylation sites (N-methyl/N-ethyl adjacent to an activating group) is 1. The highest BCUT2D eigenvalue weighted by Crippen LogP contribution is 2.26. The van der Waals surface area contributed by atoms with Crippen LogP contribution in [0.15, 0.2) is 10.7 Å². The highest BCUT2D eigenvalue weighted by Gasteiger charge is 2.37. The van der Waals surface area contributed by atoms with E-state index in [2.05, 4.69) is 21.0 Å². The summed E-state index contributed by atoms with van der Waals surface area (Å²) in [6.45, 7) is 5.06. The van der Waals surface area contributed by atoms with Gasteiger partial charge >= 0.3 is 0 Å². The Hall–Kier alpha value is -0.720. The van der Waals surface area contributed by atoms with Crippen molar-refractivity contribution in [2.45, 2.75) is 32.4 Å². The van der Waals surface area contributed by atoms with E-state index in [1.54, 1.807) is 18.0 Å². The van der Waals surface area contributed by atoms with Crippen molar-refractivity contribution in [2.24, 2.45) is 0 Å². The summed E-state index contributed by atoms with van der Waals surface area (Å²) in [4.78, 5) is 14.8. The van der Waals surface area contributed by atoms with Gasteiger partial charge in [-0.1, -0.05) is 6.92 Å². The fraction of sp³-hybridized carbons (Fsp3) is 0.692. The molecule has 0 radical (unpaired) electrons. The highest BCUT2D eigenvalue weighted by molar-refractivity contribution is 9.10. The molecule has 19 heavy (non-hydrogen) atoms. The van der Waals surface area contributed by atoms with Crippen LogP contribution >= 0.6 is 15.9 Å². The summed E-state index contributed by atoms with van der Waals surface area (Å²) in [5.41, 5.74) is 0.0722. The van der Waals surface area contributed by atoms with Gasteiger partial charge in [0.05, 0.1) is 29.4 Å². The Balaban J connectivity index is 3.14. The lowest BCUT2D eigenvalue weighted by molar-refractivity contribution is 0.0694. The number of carbonyl (C=O) groups is 1. The number of Topliss-reactive ketones (excluding diaryl/α,β-unsaturated/α-hetero) is 1. The molecule has 0 spiro atoms. The number of aromatic nitrogens is 2. The first kappa shape index (κ1) is 16.3. The Bertz CT molecular complexity index is 445. The Labute approximate surface area is 123 Å². The minimum absolute atomic E-state index is 0.0699. The quantitative estimate of drug-likeness (QED) is 0.718. The largest absolute Gasteiger partial charge is 0.383 e. The predicted octanol–water partition coefficient (Wildman–Crippen LogP) is 2.21. The Morgan fingerprint density at radius 2 is 2.21 bits per heavy atom. The van der Waals surface area contributed by atoms with Crippen molar-refractivity contribution in [2.75, 3.05) is 27.8 Å². The molecule has 1 rings (SSSR count). The predicted molar refractivity (Wildman–Crippen MR) is 78.5 cm³/mol. The summed E-state index contributed by atoms with van der Waals surface area (Å²) in [6.07, 6.45) is 2.40. The zero-order chi connectivity index (χ0) is 14.6. The van der Waals surface area contributed by atoms with Crippen molar-refractivity contribution in [3.05, 3.63) is 16.4 Å². The third-order valence-corrected chi connectivity index (χ3v) is 4.26. The standard InChI is InChI=1S/C13H22BrN3O2/c1-6-13(2,16(3)4)12(18)11-10(14)9-15-17(11)7-8-19-5/h9H,6-8H2,1-5H3. The molecule has 1 aromatic rings. The zero-order valence-electron chi connectivity index (χ0n) is 12.2. The van der Waals surface area contributed by atoms with E-state index in [0.29, 0.717) is 18.8 Å². The maximum absolute atomic E-state index is 12.8. The number of hydrogen-bond donors (Lipinski definition) is 0. The van der Waals surface area contributed by atoms with Gasteiger partial charge in [-0.25, -0.2) is 0 Å². The molecule has 108 valence electrons. The van der Waals surface area contributed by atoms with Crippen LogP contribution in [0.1, 0.15) is 30.8 Å². The summed E-state index contributed by atoms with van der Waals surface area (Å²) < 4.78 is 7.48. The van der Waals surface area contributed by atoms with Crippen LogP contribution in [0, 0.1) is 0 Å². The SMILES string of the molecule is CCC(C)(C(=O)c1c(Br)cnn1CCOC)N(C)C. The molecule has 0 aliphatic carbocycles. The highest BCUT2D eigenvalue weighted by atomic mass is 79.9. The molecule has 0 saturated heterocycles. The van der Waals surface area contributed by atoms with Crippen molar-refractivity contribution >= 4 is 21.7 Å². The van der Waals surface area contributed by atoms with Crippen LogP contribution in [-0.2, 0) is 11.3 Å². The number of methoxy groups -OCH3 is 1. The number of nitrogens with zero attached hydrogens (tertiary/aromatic N) is 3. The van der Waals surface area contributed by atoms with E-state index in [1.807, 2.05) is 32.8 Å². The van der Waals surface area contributed by atoms with E-state index in [9.17, 15) is 4.79 Å². The minimum atomic E-state index is -0.534. The van der Waals surface area contributed by atoms with E-state index in [1.165, 1.54) is 0 Å². The first-order chi connectivity index (χ1) is 8.88. The van der Waals surface area contributed by atoms with Crippen LogP contribution in [0.5, 0.6) is 0 Å². The van der Waals surface area contributed by atoms with Gasteiger partial charge in [-0.05, 0) is 43.4 Å². The number of halogens is 1. The van der Waals surface area contributed by atoms with E-state index in [4.69, 9.17) is 4.74 Å². The molecule has 0 aliphatic rings. The monoisotopic (exact) mass is 331 g/mol. The maximum Gasteiger partial charge on any atom is 0.201 e. The molecule has 0 aliphatic heterocycles. The van der Waals surface area contributed by atoms with Gasteiger partial charge in [0.25, 0.3) is 0 Å². The molecule has 1 heterocycles. The number of rotatable bonds is 7. The average Bonchev–Trinajstić information content (AvgIpc) is 2.75. The van der Waals surface area contributed by atoms with E-state index in [-0.39, 0.29) is 5.78 Å². The zero-order valence-corrected chi connectivity index (χ0v) is 13.8. The second-order valence-corrected chi connectivity index (χ2v) is 5.76. The fourth-order valence-corrected chi connectivity index (χ4v) is 2.35. The summed E-state index contributed by atoms with van der Waals surface area (Å²) in [5.74, 6) is 0.0699. The first-order valence-electron chi connectivity index (χ1n) is 6.31. The topological polar surface area (TPSA) is 47.4 Å². The lowest BCUT2D eigenvalue weighted by Crippen LogP contribution is -2.48. The second-order valence-electron chi connectivity index (χ2n) is 4.91. The third kappa shape index (κ3) is 3.24. The van der Waals surface area contributed by atoms with Crippen LogP contribution in [0.3, 0.4) is 0 Å². The number of ketones is 1. The lowest BCUT2D eigenvalue weighted by atomic mass is 9.90. The number of carbonyl (C=O) groups excluding carboxylic acids is 1. The van der Waals surface area contributed by atoms with Crippen molar-refractivity contribution in [1.82, 2.24) is 14.7 Å². The molecule has 0 saturated carbocycles. The van der Waals surface area contributed by atoms with Crippen molar-refractivity contribution < 1.29 is 9.53 Å². The van der Waals surface area contributed by atoms with Gasteiger partial charge < -0.3 is 4.74 Å². The van der Waals surface area contributed by atoms with Crippen LogP contribution in [-0.4, -0.2) is 53.8 Å². The van der Waals surface area contributed by atoms with Gasteiger partial charge in [-0.3, -0.25) is 14.4 Å². The molecule has 5 nitrogen and oxygen atoms in total. The molecule has 6 heteroatoms. The Morgan fingerprint density at radius 3 is 2.68 bits per heavy atom. The second kappa shape index (κ2) is 6.63.